The Hall–Kier alpha value is -2.76. The summed E-state index contributed by atoms with van der Waals surface area (Å²) < 4.78 is 11.0. The van der Waals surface area contributed by atoms with Crippen LogP contribution in [0.25, 0.3) is 5.57 Å². The lowest BCUT2D eigenvalue weighted by atomic mass is 9.83. The molecular formula is C22H17Cl2NO4. The molecule has 0 unspecified atom stereocenters. The van der Waals surface area contributed by atoms with Gasteiger partial charge in [-0.15, -0.1) is 6.58 Å². The highest BCUT2D eigenvalue weighted by Gasteiger charge is 2.56. The Morgan fingerprint density at radius 2 is 2.03 bits per heavy atom. The average molecular weight is 430 g/mol. The Kier molecular flexibility index (Phi) is 4.89. The number of amides is 1. The number of esters is 1. The summed E-state index contributed by atoms with van der Waals surface area (Å²) in [7, 11) is 1.54. The smallest absolute Gasteiger partial charge is 0.332 e. The number of benzene rings is 2. The summed E-state index contributed by atoms with van der Waals surface area (Å²) in [5, 5.41) is 0.879. The van der Waals surface area contributed by atoms with Crippen LogP contribution in [0.2, 0.25) is 10.0 Å². The first kappa shape index (κ1) is 19.6. The van der Waals surface area contributed by atoms with E-state index < -0.39 is 11.6 Å². The van der Waals surface area contributed by atoms with Crippen LogP contribution in [-0.4, -0.2) is 25.5 Å². The molecule has 0 fully saturated rings. The molecule has 2 aliphatic heterocycles. The summed E-state index contributed by atoms with van der Waals surface area (Å²) >= 11 is 12.4. The van der Waals surface area contributed by atoms with Gasteiger partial charge in [-0.1, -0.05) is 35.3 Å². The zero-order valence-corrected chi connectivity index (χ0v) is 17.1. The van der Waals surface area contributed by atoms with Crippen LogP contribution in [0.4, 0.5) is 5.69 Å². The molecular weight excluding hydrogens is 413 g/mol. The van der Waals surface area contributed by atoms with Crippen molar-refractivity contribution in [1.29, 1.82) is 0 Å². The maximum atomic E-state index is 13.5. The van der Waals surface area contributed by atoms with Crippen LogP contribution in [0.1, 0.15) is 17.5 Å². The van der Waals surface area contributed by atoms with Gasteiger partial charge in [0.2, 0.25) is 5.60 Å². The van der Waals surface area contributed by atoms with Gasteiger partial charge in [-0.25, -0.2) is 4.79 Å². The summed E-state index contributed by atoms with van der Waals surface area (Å²) in [6.45, 7) is 4.02. The number of halogens is 2. The third-order valence-corrected chi connectivity index (χ3v) is 5.66. The van der Waals surface area contributed by atoms with E-state index in [1.807, 2.05) is 0 Å². The Morgan fingerprint density at radius 1 is 1.24 bits per heavy atom. The molecule has 0 N–H and O–H groups in total. The van der Waals surface area contributed by atoms with Crippen LogP contribution in [-0.2, 0) is 19.9 Å². The molecule has 1 spiro atoms. The highest BCUT2D eigenvalue weighted by atomic mass is 35.5. The quantitative estimate of drug-likeness (QED) is 0.519. The average Bonchev–Trinajstić information content (AvgIpc) is 2.89. The second kappa shape index (κ2) is 7.25. The van der Waals surface area contributed by atoms with Crippen molar-refractivity contribution in [2.75, 3.05) is 18.6 Å². The van der Waals surface area contributed by atoms with Gasteiger partial charge < -0.3 is 14.4 Å². The molecule has 1 amide bonds. The fourth-order valence-electron chi connectivity index (χ4n) is 3.85. The fourth-order valence-corrected chi connectivity index (χ4v) is 4.37. The van der Waals surface area contributed by atoms with Gasteiger partial charge >= 0.3 is 5.97 Å². The molecule has 0 saturated heterocycles. The van der Waals surface area contributed by atoms with Gasteiger partial charge in [-0.3, -0.25) is 4.79 Å². The van der Waals surface area contributed by atoms with Crippen LogP contribution in [0.3, 0.4) is 0 Å². The molecule has 5 nitrogen and oxygen atoms in total. The Bertz CT molecular complexity index is 1080. The second-order valence-electron chi connectivity index (χ2n) is 6.81. The van der Waals surface area contributed by atoms with Crippen LogP contribution in [0.15, 0.2) is 55.1 Å². The summed E-state index contributed by atoms with van der Waals surface area (Å²) in [4.78, 5) is 27.6. The first-order valence-corrected chi connectivity index (χ1v) is 9.65. The van der Waals surface area contributed by atoms with Gasteiger partial charge in [0, 0.05) is 34.7 Å². The Morgan fingerprint density at radius 3 is 2.72 bits per heavy atom. The molecule has 2 aromatic rings. The highest BCUT2D eigenvalue weighted by molar-refractivity contribution is 6.35. The summed E-state index contributed by atoms with van der Waals surface area (Å²) in [6.07, 6.45) is 3.14. The molecule has 0 bridgehead atoms. The zero-order valence-electron chi connectivity index (χ0n) is 15.6. The van der Waals surface area contributed by atoms with E-state index in [-0.39, 0.29) is 18.9 Å². The minimum absolute atomic E-state index is 0.146. The van der Waals surface area contributed by atoms with E-state index in [1.54, 1.807) is 54.5 Å². The molecule has 4 rings (SSSR count). The lowest BCUT2D eigenvalue weighted by Crippen LogP contribution is -2.45. The van der Waals surface area contributed by atoms with E-state index in [0.717, 1.165) is 0 Å². The second-order valence-corrected chi connectivity index (χ2v) is 7.65. The van der Waals surface area contributed by atoms with Gasteiger partial charge in [0.05, 0.1) is 12.8 Å². The Labute approximate surface area is 178 Å². The predicted octanol–water partition coefficient (Wildman–Crippen LogP) is 4.76. The van der Waals surface area contributed by atoms with Crippen LogP contribution in [0, 0.1) is 0 Å². The van der Waals surface area contributed by atoms with Crippen molar-refractivity contribution in [3.05, 3.63) is 76.3 Å². The number of nitrogens with zero attached hydrogens (tertiary/aromatic N) is 1. The van der Waals surface area contributed by atoms with E-state index >= 15 is 0 Å². The maximum absolute atomic E-state index is 13.5. The number of ether oxygens (including phenoxy) is 2. The van der Waals surface area contributed by atoms with E-state index in [1.165, 1.54) is 6.08 Å². The molecule has 7 heteroatoms. The van der Waals surface area contributed by atoms with Crippen molar-refractivity contribution < 1.29 is 19.1 Å². The third-order valence-electron chi connectivity index (χ3n) is 5.12. The van der Waals surface area contributed by atoms with Crippen LogP contribution in [0.5, 0.6) is 5.75 Å². The molecule has 0 radical (unpaired) electrons. The lowest BCUT2D eigenvalue weighted by Gasteiger charge is -2.32. The van der Waals surface area contributed by atoms with E-state index in [2.05, 4.69) is 6.58 Å². The number of hydrogen-bond donors (Lipinski definition) is 0. The number of hydrogen-bond acceptors (Lipinski definition) is 4. The molecule has 2 aromatic carbocycles. The van der Waals surface area contributed by atoms with Crippen LogP contribution >= 0.6 is 23.2 Å². The Balaban J connectivity index is 1.87. The number of carbonyl (C=O) groups is 2. The van der Waals surface area contributed by atoms with Crippen molar-refractivity contribution in [1.82, 2.24) is 0 Å². The van der Waals surface area contributed by atoms with Crippen molar-refractivity contribution in [2.24, 2.45) is 0 Å². The number of fused-ring (bicyclic) bond motifs is 2. The first-order chi connectivity index (χ1) is 13.9. The lowest BCUT2D eigenvalue weighted by molar-refractivity contribution is -0.163. The van der Waals surface area contributed by atoms with Crippen molar-refractivity contribution in [3.8, 4) is 5.75 Å². The fraction of sp³-hybridized carbons (Fsp3) is 0.182. The maximum Gasteiger partial charge on any atom is 0.332 e. The summed E-state index contributed by atoms with van der Waals surface area (Å²) in [6, 6.07) is 10.3. The standard InChI is InChI=1S/C22H17Cl2NO4/c1-3-8-25-19-7-5-15(28-2)11-17(19)22(21(25)27)12-13(9-20(26)29-22)16-6-4-14(23)10-18(16)24/h3-7,9-11H,1,8,12H2,2H3/t22-/m0/s1. The normalized spacial score (nSPS) is 20.4. The zero-order chi connectivity index (χ0) is 20.8. The van der Waals surface area contributed by atoms with Crippen molar-refractivity contribution in [3.63, 3.8) is 0 Å². The summed E-state index contributed by atoms with van der Waals surface area (Å²) in [5.41, 5.74) is 0.980. The molecule has 148 valence electrons. The highest BCUT2D eigenvalue weighted by Crippen LogP contribution is 2.51. The summed E-state index contributed by atoms with van der Waals surface area (Å²) in [5.74, 6) is -0.377. The molecule has 2 heterocycles. The van der Waals surface area contributed by atoms with Gasteiger partial charge in [0.15, 0.2) is 0 Å². The minimum atomic E-state index is -1.49. The molecule has 29 heavy (non-hydrogen) atoms. The minimum Gasteiger partial charge on any atom is -0.497 e. The molecule has 0 aliphatic carbocycles. The van der Waals surface area contributed by atoms with Gasteiger partial charge in [0.1, 0.15) is 5.75 Å². The van der Waals surface area contributed by atoms with Gasteiger partial charge in [-0.2, -0.15) is 0 Å². The SMILES string of the molecule is C=CCN1C(=O)[C@]2(CC(c3ccc(Cl)cc3Cl)=CC(=O)O2)c2cc(OC)ccc21. The van der Waals surface area contributed by atoms with E-state index in [9.17, 15) is 9.59 Å². The molecule has 0 aromatic heterocycles. The van der Waals surface area contributed by atoms with Gasteiger partial charge in [0.25, 0.3) is 5.91 Å². The molecule has 2 aliphatic rings. The van der Waals surface area contributed by atoms with Gasteiger partial charge in [-0.05, 0) is 41.5 Å². The van der Waals surface area contributed by atoms with E-state index in [0.29, 0.717) is 38.2 Å². The molecule has 0 saturated carbocycles. The number of carbonyl (C=O) groups excluding carboxylic acids is 2. The van der Waals surface area contributed by atoms with Crippen LogP contribution < -0.4 is 9.64 Å². The topological polar surface area (TPSA) is 55.8 Å². The first-order valence-electron chi connectivity index (χ1n) is 8.90. The predicted molar refractivity (Wildman–Crippen MR) is 112 cm³/mol. The van der Waals surface area contributed by atoms with Crippen molar-refractivity contribution in [2.45, 2.75) is 12.0 Å². The number of methoxy groups -OCH3 is 1. The largest absolute Gasteiger partial charge is 0.497 e. The number of anilines is 1. The van der Waals surface area contributed by atoms with E-state index in [4.69, 9.17) is 32.7 Å². The number of rotatable bonds is 4. The molecule has 1 atom stereocenters. The third kappa shape index (κ3) is 3.11. The van der Waals surface area contributed by atoms with Crippen molar-refractivity contribution >= 4 is 46.3 Å². The monoisotopic (exact) mass is 429 g/mol.